The fourth-order valence-corrected chi connectivity index (χ4v) is 2.87. The zero-order valence-corrected chi connectivity index (χ0v) is 14.9. The number of hydrogen-bond acceptors (Lipinski definition) is 1. The fraction of sp³-hybridized carbons (Fsp3) is 0.188. The first-order valence-corrected chi connectivity index (χ1v) is 8.27. The van der Waals surface area contributed by atoms with Crippen molar-refractivity contribution in [3.63, 3.8) is 0 Å². The van der Waals surface area contributed by atoms with Crippen LogP contribution in [0.15, 0.2) is 53.0 Å². The van der Waals surface area contributed by atoms with E-state index in [4.69, 9.17) is 0 Å². The molecule has 0 bridgehead atoms. The minimum Gasteiger partial charge on any atom is -0.335 e. The lowest BCUT2D eigenvalue weighted by molar-refractivity contribution is 0.0751. The number of rotatable bonds is 4. The van der Waals surface area contributed by atoms with E-state index >= 15 is 0 Å². The van der Waals surface area contributed by atoms with E-state index < -0.39 is 0 Å². The van der Waals surface area contributed by atoms with Crippen molar-refractivity contribution in [1.29, 1.82) is 0 Å². The van der Waals surface area contributed by atoms with E-state index in [2.05, 4.69) is 38.5 Å². The molecule has 0 aliphatic heterocycles. The van der Waals surface area contributed by atoms with Crippen molar-refractivity contribution >= 4 is 44.4 Å². The molecule has 0 fully saturated rings. The molecule has 4 heteroatoms. The van der Waals surface area contributed by atoms with Crippen LogP contribution >= 0.6 is 38.5 Å². The lowest BCUT2D eigenvalue weighted by Gasteiger charge is -2.22. The molecule has 0 saturated carbocycles. The molecule has 0 aromatic heterocycles. The smallest absolute Gasteiger partial charge is 0.255 e. The summed E-state index contributed by atoms with van der Waals surface area (Å²) in [6.07, 6.45) is 0. The highest BCUT2D eigenvalue weighted by atomic mass is 127. The molecule has 0 unspecified atom stereocenters. The molecule has 2 nitrogen and oxygen atoms in total. The second-order valence-corrected chi connectivity index (χ2v) is 6.53. The van der Waals surface area contributed by atoms with Crippen molar-refractivity contribution in [2.75, 3.05) is 6.54 Å². The normalized spacial score (nSPS) is 10.3. The first kappa shape index (κ1) is 15.5. The van der Waals surface area contributed by atoms with E-state index in [1.54, 1.807) is 0 Å². The molecule has 0 heterocycles. The Morgan fingerprint density at radius 1 is 1.20 bits per heavy atom. The zero-order chi connectivity index (χ0) is 14.5. The predicted octanol–water partition coefficient (Wildman–Crippen LogP) is 4.72. The van der Waals surface area contributed by atoms with Gasteiger partial charge in [-0.25, -0.2) is 0 Å². The molecule has 1 amide bonds. The summed E-state index contributed by atoms with van der Waals surface area (Å²) in [4.78, 5) is 14.5. The first-order valence-electron chi connectivity index (χ1n) is 6.40. The Morgan fingerprint density at radius 2 is 1.90 bits per heavy atom. The summed E-state index contributed by atoms with van der Waals surface area (Å²) in [5.41, 5.74) is 1.86. The summed E-state index contributed by atoms with van der Waals surface area (Å²) in [5, 5.41) is 0. The molecule has 0 spiro atoms. The molecule has 0 saturated heterocycles. The number of hydrogen-bond donors (Lipinski definition) is 0. The highest BCUT2D eigenvalue weighted by Crippen LogP contribution is 2.22. The van der Waals surface area contributed by atoms with Crippen LogP contribution in [0.1, 0.15) is 22.8 Å². The van der Waals surface area contributed by atoms with E-state index in [-0.39, 0.29) is 5.91 Å². The molecule has 20 heavy (non-hydrogen) atoms. The highest BCUT2D eigenvalue weighted by Gasteiger charge is 2.17. The summed E-state index contributed by atoms with van der Waals surface area (Å²) < 4.78 is 1.90. The van der Waals surface area contributed by atoms with Crippen LogP contribution in [-0.2, 0) is 6.54 Å². The van der Waals surface area contributed by atoms with Gasteiger partial charge in [0.05, 0.1) is 5.56 Å². The third-order valence-corrected chi connectivity index (χ3v) is 4.41. The Bertz CT molecular complexity index is 601. The van der Waals surface area contributed by atoms with Crippen molar-refractivity contribution in [3.05, 3.63) is 67.7 Å². The number of carbonyl (C=O) groups excluding carboxylic acids is 1. The maximum Gasteiger partial charge on any atom is 0.255 e. The summed E-state index contributed by atoms with van der Waals surface area (Å²) in [7, 11) is 0. The third kappa shape index (κ3) is 3.82. The molecular weight excluding hydrogens is 429 g/mol. The Balaban J connectivity index is 2.23. The molecule has 2 aromatic rings. The van der Waals surface area contributed by atoms with Crippen LogP contribution in [0.25, 0.3) is 0 Å². The van der Waals surface area contributed by atoms with Gasteiger partial charge in [0.1, 0.15) is 0 Å². The van der Waals surface area contributed by atoms with Crippen molar-refractivity contribution in [2.24, 2.45) is 0 Å². The minimum absolute atomic E-state index is 0.0572. The zero-order valence-electron chi connectivity index (χ0n) is 11.1. The SMILES string of the molecule is CCN(Cc1ccccc1)C(=O)c1cc(I)ccc1Br. The lowest BCUT2D eigenvalue weighted by atomic mass is 10.1. The highest BCUT2D eigenvalue weighted by molar-refractivity contribution is 14.1. The largest absolute Gasteiger partial charge is 0.335 e. The number of nitrogens with zero attached hydrogens (tertiary/aromatic N) is 1. The molecule has 0 N–H and O–H groups in total. The van der Waals surface area contributed by atoms with Crippen LogP contribution in [0.2, 0.25) is 0 Å². The number of benzene rings is 2. The van der Waals surface area contributed by atoms with Gasteiger partial charge in [-0.2, -0.15) is 0 Å². The molecule has 104 valence electrons. The minimum atomic E-state index is 0.0572. The van der Waals surface area contributed by atoms with E-state index in [0.717, 1.165) is 19.2 Å². The maximum atomic E-state index is 12.6. The van der Waals surface area contributed by atoms with Crippen LogP contribution in [-0.4, -0.2) is 17.4 Å². The summed E-state index contributed by atoms with van der Waals surface area (Å²) in [6.45, 7) is 3.32. The van der Waals surface area contributed by atoms with Crippen LogP contribution in [0.5, 0.6) is 0 Å². The van der Waals surface area contributed by atoms with Gasteiger partial charge >= 0.3 is 0 Å². The standard InChI is InChI=1S/C16H15BrINO/c1-2-19(11-12-6-4-3-5-7-12)16(20)14-10-13(18)8-9-15(14)17/h3-10H,2,11H2,1H3. The molecule has 0 aliphatic carbocycles. The van der Waals surface area contributed by atoms with E-state index in [1.165, 1.54) is 0 Å². The van der Waals surface area contributed by atoms with Gasteiger partial charge in [-0.1, -0.05) is 30.3 Å². The molecule has 2 rings (SSSR count). The second kappa shape index (κ2) is 7.22. The topological polar surface area (TPSA) is 20.3 Å². The van der Waals surface area contributed by atoms with Crippen LogP contribution < -0.4 is 0 Å². The van der Waals surface area contributed by atoms with Crippen molar-refractivity contribution in [3.8, 4) is 0 Å². The second-order valence-electron chi connectivity index (χ2n) is 4.43. The molecule has 0 atom stereocenters. The van der Waals surface area contributed by atoms with Gasteiger partial charge in [0.15, 0.2) is 0 Å². The van der Waals surface area contributed by atoms with Gasteiger partial charge in [0, 0.05) is 21.1 Å². The number of halogens is 2. The van der Waals surface area contributed by atoms with Crippen LogP contribution in [0, 0.1) is 3.57 Å². The Kier molecular flexibility index (Phi) is 5.60. The maximum absolute atomic E-state index is 12.6. The van der Waals surface area contributed by atoms with Crippen LogP contribution in [0.4, 0.5) is 0 Å². The molecule has 0 radical (unpaired) electrons. The van der Waals surface area contributed by atoms with Crippen LogP contribution in [0.3, 0.4) is 0 Å². The predicted molar refractivity (Wildman–Crippen MR) is 93.7 cm³/mol. The van der Waals surface area contributed by atoms with Gasteiger partial charge in [-0.05, 0) is 69.2 Å². The average Bonchev–Trinajstić information content (AvgIpc) is 2.47. The van der Waals surface area contributed by atoms with Gasteiger partial charge in [-0.3, -0.25) is 4.79 Å². The van der Waals surface area contributed by atoms with E-state index in [0.29, 0.717) is 13.1 Å². The lowest BCUT2D eigenvalue weighted by Crippen LogP contribution is -2.30. The monoisotopic (exact) mass is 443 g/mol. The Labute approximate surface area is 141 Å². The molecule has 2 aromatic carbocycles. The van der Waals surface area contributed by atoms with Crippen molar-refractivity contribution in [2.45, 2.75) is 13.5 Å². The van der Waals surface area contributed by atoms with Gasteiger partial charge < -0.3 is 4.90 Å². The Morgan fingerprint density at radius 3 is 2.55 bits per heavy atom. The average molecular weight is 444 g/mol. The van der Waals surface area contributed by atoms with Gasteiger partial charge in [0.25, 0.3) is 5.91 Å². The van der Waals surface area contributed by atoms with Crippen molar-refractivity contribution < 1.29 is 4.79 Å². The molecule has 0 aliphatic rings. The van der Waals surface area contributed by atoms with Crippen molar-refractivity contribution in [1.82, 2.24) is 4.90 Å². The third-order valence-electron chi connectivity index (χ3n) is 3.04. The first-order chi connectivity index (χ1) is 9.61. The number of amides is 1. The fourth-order valence-electron chi connectivity index (χ4n) is 1.96. The summed E-state index contributed by atoms with van der Waals surface area (Å²) >= 11 is 5.69. The summed E-state index contributed by atoms with van der Waals surface area (Å²) in [6, 6.07) is 15.9. The van der Waals surface area contributed by atoms with E-state index in [1.807, 2.05) is 60.4 Å². The quantitative estimate of drug-likeness (QED) is 0.626. The van der Waals surface area contributed by atoms with Gasteiger partial charge in [-0.15, -0.1) is 0 Å². The Hall–Kier alpha value is -0.880. The number of carbonyl (C=O) groups is 1. The van der Waals surface area contributed by atoms with Gasteiger partial charge in [0.2, 0.25) is 0 Å². The summed E-state index contributed by atoms with van der Waals surface area (Å²) in [5.74, 6) is 0.0572. The molecular formula is C16H15BrINO. The van der Waals surface area contributed by atoms with E-state index in [9.17, 15) is 4.79 Å².